The highest BCUT2D eigenvalue weighted by Crippen LogP contribution is 2.29. The van der Waals surface area contributed by atoms with Gasteiger partial charge in [0.05, 0.1) is 35.8 Å². The topological polar surface area (TPSA) is 91.4 Å². The molecule has 8 heteroatoms. The molecule has 1 amide bonds. The van der Waals surface area contributed by atoms with Crippen LogP contribution in [0.15, 0.2) is 82.3 Å². The summed E-state index contributed by atoms with van der Waals surface area (Å²) >= 11 is 0. The van der Waals surface area contributed by atoms with E-state index in [1.807, 2.05) is 6.07 Å². The molecule has 1 aliphatic rings. The Bertz CT molecular complexity index is 1170. The summed E-state index contributed by atoms with van der Waals surface area (Å²) in [6, 6.07) is 18.6. The van der Waals surface area contributed by atoms with E-state index in [4.69, 9.17) is 4.42 Å². The Morgan fingerprint density at radius 2 is 1.79 bits per heavy atom. The van der Waals surface area contributed by atoms with E-state index in [9.17, 15) is 13.2 Å². The monoisotopic (exact) mass is 410 g/mol. The van der Waals surface area contributed by atoms with E-state index in [-0.39, 0.29) is 16.8 Å². The Morgan fingerprint density at radius 3 is 2.48 bits per heavy atom. The number of para-hydroxylation sites is 1. The number of carbonyl (C=O) groups is 1. The molecular formula is C21H20N3O4S+. The van der Waals surface area contributed by atoms with Gasteiger partial charge in [-0.1, -0.05) is 30.3 Å². The van der Waals surface area contributed by atoms with Gasteiger partial charge < -0.3 is 4.42 Å². The number of rotatable bonds is 5. The van der Waals surface area contributed by atoms with Gasteiger partial charge >= 0.3 is 5.91 Å². The van der Waals surface area contributed by atoms with Crippen LogP contribution in [0.25, 0.3) is 0 Å². The Labute approximate surface area is 168 Å². The van der Waals surface area contributed by atoms with Gasteiger partial charge in [0.1, 0.15) is 11.8 Å². The molecule has 2 heterocycles. The van der Waals surface area contributed by atoms with Crippen molar-refractivity contribution < 1.29 is 22.3 Å². The van der Waals surface area contributed by atoms with Crippen LogP contribution in [-0.4, -0.2) is 24.7 Å². The summed E-state index contributed by atoms with van der Waals surface area (Å²) in [5.41, 5.74) is 4.84. The fraction of sp³-hybridized carbons (Fsp3) is 0.143. The number of furan rings is 1. The number of amides is 1. The zero-order chi connectivity index (χ0) is 20.4. The molecule has 7 nitrogen and oxygen atoms in total. The highest BCUT2D eigenvalue weighted by Gasteiger charge is 2.38. The molecule has 0 bridgehead atoms. The molecule has 4 rings (SSSR count). The predicted octanol–water partition coefficient (Wildman–Crippen LogP) is 3.08. The van der Waals surface area contributed by atoms with Gasteiger partial charge in [0.25, 0.3) is 10.0 Å². The second kappa shape index (κ2) is 7.56. The first-order valence-corrected chi connectivity index (χ1v) is 10.6. The van der Waals surface area contributed by atoms with Crippen molar-refractivity contribution in [3.8, 4) is 0 Å². The number of hydrazine groups is 1. The van der Waals surface area contributed by atoms with Crippen molar-refractivity contribution in [1.82, 2.24) is 5.43 Å². The van der Waals surface area contributed by atoms with E-state index in [2.05, 4.69) is 10.1 Å². The third-order valence-corrected chi connectivity index (χ3v) is 6.07. The van der Waals surface area contributed by atoms with Gasteiger partial charge in [-0.05, 0) is 41.1 Å². The maximum absolute atomic E-state index is 12.8. The summed E-state index contributed by atoms with van der Waals surface area (Å²) < 4.78 is 35.2. The molecule has 0 aliphatic carbocycles. The molecule has 0 spiro atoms. The molecule has 0 radical (unpaired) electrons. The number of anilines is 1. The summed E-state index contributed by atoms with van der Waals surface area (Å²) in [5, 5.41) is 0. The second-order valence-electron chi connectivity index (χ2n) is 6.67. The van der Waals surface area contributed by atoms with Crippen molar-refractivity contribution in [2.75, 3.05) is 4.72 Å². The van der Waals surface area contributed by atoms with Gasteiger partial charge in [0.2, 0.25) is 5.71 Å². The third-order valence-electron chi connectivity index (χ3n) is 4.69. The van der Waals surface area contributed by atoms with Crippen molar-refractivity contribution in [1.29, 1.82) is 0 Å². The largest absolute Gasteiger partial charge is 0.467 e. The van der Waals surface area contributed by atoms with Crippen LogP contribution >= 0.6 is 0 Å². The quantitative estimate of drug-likeness (QED) is 0.631. The minimum absolute atomic E-state index is 0.168. The zero-order valence-corrected chi connectivity index (χ0v) is 16.5. The van der Waals surface area contributed by atoms with Crippen molar-refractivity contribution in [3.05, 3.63) is 84.3 Å². The van der Waals surface area contributed by atoms with Gasteiger partial charge in [0.15, 0.2) is 0 Å². The van der Waals surface area contributed by atoms with Crippen LogP contribution in [0.1, 0.15) is 30.7 Å². The summed E-state index contributed by atoms with van der Waals surface area (Å²) in [6.07, 6.45) is 2.05. The van der Waals surface area contributed by atoms with Gasteiger partial charge in [-0.2, -0.15) is 5.43 Å². The lowest BCUT2D eigenvalue weighted by Gasteiger charge is -2.11. The van der Waals surface area contributed by atoms with Crippen LogP contribution in [0.3, 0.4) is 0 Å². The van der Waals surface area contributed by atoms with E-state index in [1.165, 1.54) is 23.7 Å². The van der Waals surface area contributed by atoms with E-state index in [1.54, 1.807) is 54.8 Å². The Balaban J connectivity index is 1.72. The molecular weight excluding hydrogens is 390 g/mol. The number of hydrogen-bond donors (Lipinski definition) is 2. The van der Waals surface area contributed by atoms with Crippen molar-refractivity contribution >= 4 is 27.3 Å². The van der Waals surface area contributed by atoms with E-state index < -0.39 is 10.0 Å². The minimum Gasteiger partial charge on any atom is -0.467 e. The molecule has 2 N–H and O–H groups in total. The van der Waals surface area contributed by atoms with Crippen LogP contribution in [0.2, 0.25) is 0 Å². The molecule has 148 valence electrons. The van der Waals surface area contributed by atoms with Crippen LogP contribution in [0.5, 0.6) is 0 Å². The lowest BCUT2D eigenvalue weighted by Crippen LogP contribution is -2.32. The maximum Gasteiger partial charge on any atom is 0.411 e. The Kier molecular flexibility index (Phi) is 4.94. The number of nitrogens with zero attached hydrogens (tertiary/aromatic N) is 1. The van der Waals surface area contributed by atoms with E-state index in [0.29, 0.717) is 29.1 Å². The number of hydrogen-bond acceptors (Lipinski definition) is 5. The predicted molar refractivity (Wildman–Crippen MR) is 108 cm³/mol. The Morgan fingerprint density at radius 1 is 1.07 bits per heavy atom. The average molecular weight is 410 g/mol. The highest BCUT2D eigenvalue weighted by atomic mass is 32.2. The average Bonchev–Trinajstić information content (AvgIpc) is 3.39. The summed E-state index contributed by atoms with van der Waals surface area (Å²) in [5.74, 6) is 0.503. The maximum atomic E-state index is 12.8. The van der Waals surface area contributed by atoms with E-state index in [0.717, 1.165) is 0 Å². The second-order valence-corrected chi connectivity index (χ2v) is 8.35. The standard InChI is InChI=1S/C21H19N3O4S/c1-15(25)24-20(14-19(22-24)21-12-7-13-28-21)17-10-5-6-11-18(17)23-29(26,27)16-8-3-2-4-9-16/h2-13,19,22H,14H2,1H3/p+1. The fourth-order valence-corrected chi connectivity index (χ4v) is 4.46. The molecule has 0 saturated carbocycles. The van der Waals surface area contributed by atoms with Gasteiger partial charge in [-0.25, -0.2) is 13.2 Å². The first-order valence-electron chi connectivity index (χ1n) is 9.09. The number of nitrogens with one attached hydrogen (secondary N) is 2. The van der Waals surface area contributed by atoms with Crippen LogP contribution in [-0.2, 0) is 14.8 Å². The lowest BCUT2D eigenvalue weighted by atomic mass is 10.0. The zero-order valence-electron chi connectivity index (χ0n) is 15.7. The van der Waals surface area contributed by atoms with Crippen LogP contribution in [0.4, 0.5) is 5.69 Å². The SMILES string of the molecule is CC(=O)[N+]1=C(c2ccccc2NS(=O)(=O)c2ccccc2)CC(c2ccco2)N1. The molecule has 29 heavy (non-hydrogen) atoms. The van der Waals surface area contributed by atoms with E-state index >= 15 is 0 Å². The molecule has 0 saturated heterocycles. The lowest BCUT2D eigenvalue weighted by molar-refractivity contribution is -0.504. The molecule has 1 aliphatic heterocycles. The summed E-state index contributed by atoms with van der Waals surface area (Å²) in [6.45, 7) is 1.45. The van der Waals surface area contributed by atoms with Crippen LogP contribution in [0, 0.1) is 0 Å². The molecule has 3 aromatic rings. The van der Waals surface area contributed by atoms with Gasteiger partial charge in [-0.3, -0.25) is 4.72 Å². The molecule has 1 aromatic heterocycles. The van der Waals surface area contributed by atoms with Crippen molar-refractivity contribution in [3.63, 3.8) is 0 Å². The van der Waals surface area contributed by atoms with Crippen LogP contribution < -0.4 is 10.1 Å². The third kappa shape index (κ3) is 3.79. The number of sulfonamides is 1. The summed E-state index contributed by atoms with van der Waals surface area (Å²) in [4.78, 5) is 12.4. The fourth-order valence-electron chi connectivity index (χ4n) is 3.36. The molecule has 0 fully saturated rings. The summed E-state index contributed by atoms with van der Waals surface area (Å²) in [7, 11) is -3.77. The van der Waals surface area contributed by atoms with Gasteiger partial charge in [-0.15, -0.1) is 0 Å². The first kappa shape index (κ1) is 18.9. The highest BCUT2D eigenvalue weighted by molar-refractivity contribution is 7.92. The minimum atomic E-state index is -3.77. The van der Waals surface area contributed by atoms with Crippen molar-refractivity contribution in [2.45, 2.75) is 24.3 Å². The number of benzene rings is 2. The molecule has 2 aromatic carbocycles. The molecule has 1 atom stereocenters. The number of hydrazone groups is 1. The number of carbonyl (C=O) groups excluding carboxylic acids is 1. The first-order chi connectivity index (χ1) is 14.0. The van der Waals surface area contributed by atoms with Gasteiger partial charge in [0, 0.05) is 0 Å². The Hall–Kier alpha value is -3.39. The van der Waals surface area contributed by atoms with Crippen molar-refractivity contribution in [2.24, 2.45) is 0 Å². The normalized spacial score (nSPS) is 16.5. The molecule has 1 unspecified atom stereocenters. The smallest absolute Gasteiger partial charge is 0.411 e.